The van der Waals surface area contributed by atoms with E-state index < -0.39 is 5.97 Å². The largest absolute Gasteiger partial charge is 0.481 e. The third-order valence-corrected chi connectivity index (χ3v) is 3.24. The van der Waals surface area contributed by atoms with Gasteiger partial charge in [-0.1, -0.05) is 54.5 Å². The van der Waals surface area contributed by atoms with Crippen molar-refractivity contribution >= 4 is 21.9 Å². The van der Waals surface area contributed by atoms with Gasteiger partial charge in [-0.2, -0.15) is 0 Å². The monoisotopic (exact) mass is 332 g/mol. The molecular weight excluding hydrogens is 308 g/mol. The lowest BCUT2D eigenvalue weighted by atomic mass is 10.1. The number of rotatable bonds is 10. The number of hydrogen-bond donors (Lipinski definition) is 2. The van der Waals surface area contributed by atoms with Crippen molar-refractivity contribution < 1.29 is 9.90 Å². The van der Waals surface area contributed by atoms with E-state index in [1.807, 2.05) is 0 Å². The van der Waals surface area contributed by atoms with Crippen LogP contribution in [0.1, 0.15) is 57.8 Å². The molecule has 5 heteroatoms. The Labute approximate surface area is 124 Å². The number of unbranched alkanes of at least 4 members (excludes halogenated alkanes) is 7. The van der Waals surface area contributed by atoms with Crippen LogP contribution in [-0.2, 0) is 4.79 Å². The van der Waals surface area contributed by atoms with Gasteiger partial charge in [0.25, 0.3) is 0 Å². The number of carboxylic acids is 1. The first-order valence-electron chi connectivity index (χ1n) is 6.98. The summed E-state index contributed by atoms with van der Waals surface area (Å²) in [5, 5.41) is 9.53. The molecule has 0 atom stereocenters. The maximum absolute atomic E-state index is 10.2. The number of nitrogens with zero attached hydrogens (tertiary/aromatic N) is 1. The minimum atomic E-state index is -0.665. The second-order valence-electron chi connectivity index (χ2n) is 4.42. The molecule has 1 heterocycles. The van der Waals surface area contributed by atoms with E-state index in [1.165, 1.54) is 38.5 Å². The highest BCUT2D eigenvalue weighted by Gasteiger charge is 1.96. The van der Waals surface area contributed by atoms with Gasteiger partial charge in [-0.25, -0.2) is 4.98 Å². The maximum Gasteiger partial charge on any atom is 0.303 e. The maximum atomic E-state index is 10.2. The molecule has 1 aromatic rings. The van der Waals surface area contributed by atoms with Gasteiger partial charge >= 0.3 is 5.97 Å². The van der Waals surface area contributed by atoms with Crippen LogP contribution in [0.15, 0.2) is 18.7 Å². The van der Waals surface area contributed by atoms with Crippen LogP contribution in [0.25, 0.3) is 0 Å². The molecule has 4 nitrogen and oxygen atoms in total. The summed E-state index contributed by atoms with van der Waals surface area (Å²) in [5.74, 6) is -0.665. The van der Waals surface area contributed by atoms with E-state index >= 15 is 0 Å². The zero-order valence-corrected chi connectivity index (χ0v) is 13.1. The Kier molecular flexibility index (Phi) is 14.5. The number of aromatic nitrogens is 2. The molecule has 19 heavy (non-hydrogen) atoms. The van der Waals surface area contributed by atoms with Gasteiger partial charge in [-0.15, -0.1) is 0 Å². The van der Waals surface area contributed by atoms with Gasteiger partial charge < -0.3 is 10.1 Å². The van der Waals surface area contributed by atoms with Gasteiger partial charge in [0, 0.05) is 24.1 Å². The van der Waals surface area contributed by atoms with Crippen LogP contribution < -0.4 is 0 Å². The Morgan fingerprint density at radius 1 is 1.05 bits per heavy atom. The van der Waals surface area contributed by atoms with Crippen LogP contribution in [0.2, 0.25) is 0 Å². The Hall–Kier alpha value is -0.840. The zero-order chi connectivity index (χ0) is 14.2. The molecular formula is C14H25BrN2O2. The lowest BCUT2D eigenvalue weighted by Gasteiger charge is -2.00. The minimum absolute atomic E-state index is 0.337. The van der Waals surface area contributed by atoms with Crippen molar-refractivity contribution in [1.29, 1.82) is 0 Å². The van der Waals surface area contributed by atoms with Crippen molar-refractivity contribution in [3.8, 4) is 0 Å². The average Bonchev–Trinajstić information content (AvgIpc) is 2.95. The van der Waals surface area contributed by atoms with E-state index in [-0.39, 0.29) is 0 Å². The summed E-state index contributed by atoms with van der Waals surface area (Å²) >= 11 is 3.41. The van der Waals surface area contributed by atoms with Crippen LogP contribution >= 0.6 is 15.9 Å². The predicted molar refractivity (Wildman–Crippen MR) is 81.6 cm³/mol. The third kappa shape index (κ3) is 17.2. The Bertz CT molecular complexity index is 262. The van der Waals surface area contributed by atoms with Gasteiger partial charge in [0.05, 0.1) is 6.33 Å². The number of aliphatic carboxylic acids is 1. The van der Waals surface area contributed by atoms with Crippen LogP contribution in [-0.4, -0.2) is 26.4 Å². The molecule has 0 aliphatic rings. The van der Waals surface area contributed by atoms with Crippen LogP contribution in [0, 0.1) is 0 Å². The lowest BCUT2D eigenvalue weighted by molar-refractivity contribution is -0.137. The fourth-order valence-corrected chi connectivity index (χ4v) is 2.04. The molecule has 0 unspecified atom stereocenters. The second-order valence-corrected chi connectivity index (χ2v) is 5.21. The summed E-state index contributed by atoms with van der Waals surface area (Å²) < 4.78 is 0. The number of H-pyrrole nitrogens is 1. The van der Waals surface area contributed by atoms with E-state index in [0.29, 0.717) is 6.42 Å². The molecule has 0 aromatic carbocycles. The third-order valence-electron chi connectivity index (χ3n) is 2.68. The highest BCUT2D eigenvalue weighted by molar-refractivity contribution is 9.09. The van der Waals surface area contributed by atoms with Crippen molar-refractivity contribution in [3.63, 3.8) is 0 Å². The van der Waals surface area contributed by atoms with Crippen molar-refractivity contribution in [2.24, 2.45) is 0 Å². The standard InChI is InChI=1S/C11H21BrO2.C3H4N2/c12-10-8-6-4-2-1-3-5-7-9-11(13)14;1-2-5-3-4-1/h1-10H2,(H,13,14);1-3H,(H,4,5). The van der Waals surface area contributed by atoms with Gasteiger partial charge in [-0.05, 0) is 12.8 Å². The molecule has 0 amide bonds. The summed E-state index contributed by atoms with van der Waals surface area (Å²) in [6.45, 7) is 0. The van der Waals surface area contributed by atoms with Gasteiger partial charge in [0.2, 0.25) is 0 Å². The van der Waals surface area contributed by atoms with Crippen LogP contribution in [0.3, 0.4) is 0 Å². The molecule has 0 saturated heterocycles. The van der Waals surface area contributed by atoms with Gasteiger partial charge in [0.15, 0.2) is 0 Å². The fourth-order valence-electron chi connectivity index (χ4n) is 1.65. The normalized spacial score (nSPS) is 9.74. The molecule has 110 valence electrons. The van der Waals surface area contributed by atoms with Crippen LogP contribution in [0.5, 0.6) is 0 Å². The van der Waals surface area contributed by atoms with Crippen molar-refractivity contribution in [2.75, 3.05) is 5.33 Å². The Balaban J connectivity index is 0.000000532. The van der Waals surface area contributed by atoms with E-state index in [9.17, 15) is 4.79 Å². The molecule has 0 spiro atoms. The molecule has 0 fully saturated rings. The molecule has 1 aromatic heterocycles. The number of hydrogen-bond acceptors (Lipinski definition) is 2. The number of nitrogens with one attached hydrogen (secondary N) is 1. The first kappa shape index (κ1) is 18.2. The molecule has 1 rings (SSSR count). The predicted octanol–water partition coefficient (Wildman–Crippen LogP) is 4.39. The minimum Gasteiger partial charge on any atom is -0.481 e. The summed E-state index contributed by atoms with van der Waals surface area (Å²) in [6, 6.07) is 0. The lowest BCUT2D eigenvalue weighted by Crippen LogP contribution is -1.93. The Morgan fingerprint density at radius 3 is 2.00 bits per heavy atom. The first-order chi connectivity index (χ1) is 9.27. The topological polar surface area (TPSA) is 66.0 Å². The molecule has 0 saturated carbocycles. The number of imidazole rings is 1. The van der Waals surface area contributed by atoms with Crippen LogP contribution in [0.4, 0.5) is 0 Å². The van der Waals surface area contributed by atoms with Gasteiger partial charge in [-0.3, -0.25) is 4.79 Å². The number of alkyl halides is 1. The average molecular weight is 333 g/mol. The molecule has 2 N–H and O–H groups in total. The van der Waals surface area contributed by atoms with Crippen molar-refractivity contribution in [3.05, 3.63) is 18.7 Å². The molecule has 0 aliphatic carbocycles. The molecule has 0 radical (unpaired) electrons. The number of carboxylic acid groups (broad SMARTS) is 1. The number of aromatic amines is 1. The summed E-state index contributed by atoms with van der Waals surface area (Å²) in [7, 11) is 0. The SMILES string of the molecule is O=C(O)CCCCCCCCCCBr.c1c[nH]cn1. The fraction of sp³-hybridized carbons (Fsp3) is 0.714. The number of carbonyl (C=O) groups is 1. The smallest absolute Gasteiger partial charge is 0.303 e. The highest BCUT2D eigenvalue weighted by atomic mass is 79.9. The van der Waals surface area contributed by atoms with Crippen molar-refractivity contribution in [1.82, 2.24) is 9.97 Å². The highest BCUT2D eigenvalue weighted by Crippen LogP contribution is 2.10. The zero-order valence-electron chi connectivity index (χ0n) is 11.5. The van der Waals surface area contributed by atoms with E-state index in [1.54, 1.807) is 18.7 Å². The van der Waals surface area contributed by atoms with E-state index in [0.717, 1.165) is 18.2 Å². The first-order valence-corrected chi connectivity index (χ1v) is 8.10. The second kappa shape index (κ2) is 15.2. The number of halogens is 1. The van der Waals surface area contributed by atoms with E-state index in [4.69, 9.17) is 5.11 Å². The summed E-state index contributed by atoms with van der Waals surface area (Å²) in [4.78, 5) is 16.6. The summed E-state index contributed by atoms with van der Waals surface area (Å²) in [5.41, 5.74) is 0. The molecule has 0 bridgehead atoms. The summed E-state index contributed by atoms with van der Waals surface area (Å²) in [6.07, 6.45) is 15.0. The Morgan fingerprint density at radius 2 is 1.63 bits per heavy atom. The quantitative estimate of drug-likeness (QED) is 0.493. The van der Waals surface area contributed by atoms with Gasteiger partial charge in [0.1, 0.15) is 0 Å². The van der Waals surface area contributed by atoms with Crippen molar-refractivity contribution in [2.45, 2.75) is 57.8 Å². The molecule has 0 aliphatic heterocycles. The van der Waals surface area contributed by atoms with E-state index in [2.05, 4.69) is 25.9 Å².